The second-order valence-corrected chi connectivity index (χ2v) is 6.68. The van der Waals surface area contributed by atoms with E-state index >= 15 is 0 Å². The topological polar surface area (TPSA) is 71.2 Å². The highest BCUT2D eigenvalue weighted by Gasteiger charge is 2.32. The molecule has 1 atom stereocenters. The highest BCUT2D eigenvalue weighted by molar-refractivity contribution is 5.89. The van der Waals surface area contributed by atoms with E-state index in [9.17, 15) is 9.90 Å². The summed E-state index contributed by atoms with van der Waals surface area (Å²) in [5.74, 6) is 0.910. The van der Waals surface area contributed by atoms with E-state index in [0.717, 1.165) is 18.8 Å². The van der Waals surface area contributed by atoms with Crippen LogP contribution in [-0.4, -0.2) is 44.0 Å². The zero-order chi connectivity index (χ0) is 15.7. The molecule has 2 heterocycles. The van der Waals surface area contributed by atoms with Crippen LogP contribution in [-0.2, 0) is 4.79 Å². The maximum absolute atomic E-state index is 12.2. The summed E-state index contributed by atoms with van der Waals surface area (Å²) in [4.78, 5) is 14.1. The average Bonchev–Trinajstić information content (AvgIpc) is 2.89. The minimum atomic E-state index is -0.606. The van der Waals surface area contributed by atoms with Crippen LogP contribution in [0.3, 0.4) is 0 Å². The summed E-state index contributed by atoms with van der Waals surface area (Å²) >= 11 is 0. The molecule has 0 spiro atoms. The molecule has 2 aliphatic rings. The standard InChI is InChI=1S/C16H24N4O2/c1-11-3-5-13(6-4-11)7-16(22)19-8-14(9-19)20-10-15(12(2)21)17-18-20/h7,10-12,14,21H,3-6,8-9H2,1-2H3/t11?,12-/m0/s1. The zero-order valence-corrected chi connectivity index (χ0v) is 13.3. The molecule has 6 heteroatoms. The van der Waals surface area contributed by atoms with Gasteiger partial charge in [-0.25, -0.2) is 4.68 Å². The largest absolute Gasteiger partial charge is 0.387 e. The molecule has 0 unspecified atom stereocenters. The Bertz CT molecular complexity index is 562. The average molecular weight is 304 g/mol. The molecule has 0 aromatic carbocycles. The van der Waals surface area contributed by atoms with Crippen LogP contribution >= 0.6 is 0 Å². The van der Waals surface area contributed by atoms with E-state index in [1.54, 1.807) is 17.8 Å². The molecular formula is C16H24N4O2. The van der Waals surface area contributed by atoms with Crippen LogP contribution in [0.5, 0.6) is 0 Å². The van der Waals surface area contributed by atoms with Crippen molar-refractivity contribution in [3.8, 4) is 0 Å². The first-order valence-corrected chi connectivity index (χ1v) is 8.11. The summed E-state index contributed by atoms with van der Waals surface area (Å²) in [7, 11) is 0. The highest BCUT2D eigenvalue weighted by Crippen LogP contribution is 2.28. The van der Waals surface area contributed by atoms with Gasteiger partial charge in [-0.2, -0.15) is 0 Å². The van der Waals surface area contributed by atoms with Gasteiger partial charge in [0.2, 0.25) is 5.91 Å². The van der Waals surface area contributed by atoms with Crippen molar-refractivity contribution in [3.63, 3.8) is 0 Å². The second kappa shape index (κ2) is 6.20. The lowest BCUT2D eigenvalue weighted by Gasteiger charge is -2.38. The fourth-order valence-electron chi connectivity index (χ4n) is 3.01. The molecule has 2 fully saturated rings. The predicted molar refractivity (Wildman–Crippen MR) is 82.0 cm³/mol. The maximum Gasteiger partial charge on any atom is 0.246 e. The number of carbonyl (C=O) groups excluding carboxylic acids is 1. The van der Waals surface area contributed by atoms with Crippen LogP contribution in [0.2, 0.25) is 0 Å². The SMILES string of the molecule is CC1CCC(=CC(=O)N2CC(n3cc([C@H](C)O)nn3)C2)CC1. The molecule has 1 aromatic heterocycles. The van der Waals surface area contributed by atoms with Gasteiger partial charge < -0.3 is 10.0 Å². The number of rotatable bonds is 3. The van der Waals surface area contributed by atoms with E-state index in [1.807, 2.05) is 11.0 Å². The van der Waals surface area contributed by atoms with Crippen LogP contribution in [0.15, 0.2) is 17.8 Å². The fraction of sp³-hybridized carbons (Fsp3) is 0.688. The Morgan fingerprint density at radius 3 is 2.68 bits per heavy atom. The molecule has 1 N–H and O–H groups in total. The van der Waals surface area contributed by atoms with E-state index < -0.39 is 6.10 Å². The summed E-state index contributed by atoms with van der Waals surface area (Å²) in [5, 5.41) is 17.4. The van der Waals surface area contributed by atoms with Crippen molar-refractivity contribution in [2.24, 2.45) is 5.92 Å². The van der Waals surface area contributed by atoms with Crippen molar-refractivity contribution in [2.75, 3.05) is 13.1 Å². The smallest absolute Gasteiger partial charge is 0.246 e. The van der Waals surface area contributed by atoms with Gasteiger partial charge in [-0.15, -0.1) is 5.10 Å². The number of allylic oxidation sites excluding steroid dienone is 1. The van der Waals surface area contributed by atoms with E-state index in [1.165, 1.54) is 18.4 Å². The van der Waals surface area contributed by atoms with Crippen LogP contribution in [0.4, 0.5) is 0 Å². The monoisotopic (exact) mass is 304 g/mol. The molecule has 0 radical (unpaired) electrons. The molecule has 3 rings (SSSR count). The Balaban J connectivity index is 1.52. The molecule has 0 bridgehead atoms. The Morgan fingerprint density at radius 2 is 2.09 bits per heavy atom. The third-order valence-electron chi connectivity index (χ3n) is 4.75. The highest BCUT2D eigenvalue weighted by atomic mass is 16.3. The first-order valence-electron chi connectivity index (χ1n) is 8.11. The number of likely N-dealkylation sites (tertiary alicyclic amines) is 1. The van der Waals surface area contributed by atoms with E-state index in [2.05, 4.69) is 17.2 Å². The first kappa shape index (κ1) is 15.2. The van der Waals surface area contributed by atoms with E-state index in [4.69, 9.17) is 0 Å². The summed E-state index contributed by atoms with van der Waals surface area (Å²) in [6.07, 6.45) is 7.51. The lowest BCUT2D eigenvalue weighted by molar-refractivity contribution is -0.131. The van der Waals surface area contributed by atoms with Crippen LogP contribution in [0.25, 0.3) is 0 Å². The number of aliphatic hydroxyl groups excluding tert-OH is 1. The van der Waals surface area contributed by atoms with Crippen molar-refractivity contribution < 1.29 is 9.90 Å². The van der Waals surface area contributed by atoms with Crippen LogP contribution < -0.4 is 0 Å². The number of amides is 1. The minimum Gasteiger partial charge on any atom is -0.387 e. The molecule has 120 valence electrons. The van der Waals surface area contributed by atoms with Crippen LogP contribution in [0, 0.1) is 5.92 Å². The van der Waals surface area contributed by atoms with Gasteiger partial charge in [0.05, 0.1) is 18.3 Å². The number of nitrogens with zero attached hydrogens (tertiary/aromatic N) is 4. The van der Waals surface area contributed by atoms with Gasteiger partial charge in [-0.1, -0.05) is 17.7 Å². The number of aliphatic hydroxyl groups is 1. The number of aromatic nitrogens is 3. The fourth-order valence-corrected chi connectivity index (χ4v) is 3.01. The van der Waals surface area contributed by atoms with Crippen molar-refractivity contribution in [2.45, 2.75) is 51.7 Å². The minimum absolute atomic E-state index is 0.122. The Hall–Kier alpha value is -1.69. The second-order valence-electron chi connectivity index (χ2n) is 6.68. The van der Waals surface area contributed by atoms with Gasteiger partial charge in [0, 0.05) is 19.2 Å². The number of carbonyl (C=O) groups is 1. The predicted octanol–water partition coefficient (Wildman–Crippen LogP) is 1.85. The van der Waals surface area contributed by atoms with Crippen molar-refractivity contribution >= 4 is 5.91 Å². The molecule has 1 aliphatic carbocycles. The third-order valence-corrected chi connectivity index (χ3v) is 4.75. The Kier molecular flexibility index (Phi) is 4.29. The van der Waals surface area contributed by atoms with Gasteiger partial charge >= 0.3 is 0 Å². The molecular weight excluding hydrogens is 280 g/mol. The van der Waals surface area contributed by atoms with Gasteiger partial charge in [0.15, 0.2) is 0 Å². The molecule has 1 saturated carbocycles. The van der Waals surface area contributed by atoms with Crippen LogP contribution in [0.1, 0.15) is 57.4 Å². The molecule has 6 nitrogen and oxygen atoms in total. The Labute approximate surface area is 130 Å². The lowest BCUT2D eigenvalue weighted by atomic mass is 9.87. The summed E-state index contributed by atoms with van der Waals surface area (Å²) in [6.45, 7) is 5.28. The van der Waals surface area contributed by atoms with Gasteiger partial charge in [0.1, 0.15) is 5.69 Å². The molecule has 1 amide bonds. The quantitative estimate of drug-likeness (QED) is 0.865. The van der Waals surface area contributed by atoms with Gasteiger partial charge in [-0.05, 0) is 38.5 Å². The third kappa shape index (κ3) is 3.21. The normalized spacial score (nSPS) is 24.0. The summed E-state index contributed by atoms with van der Waals surface area (Å²) in [6, 6.07) is 0.175. The van der Waals surface area contributed by atoms with Gasteiger partial charge in [-0.3, -0.25) is 4.79 Å². The summed E-state index contributed by atoms with van der Waals surface area (Å²) < 4.78 is 1.75. The summed E-state index contributed by atoms with van der Waals surface area (Å²) in [5.41, 5.74) is 1.87. The first-order chi connectivity index (χ1) is 10.5. The lowest BCUT2D eigenvalue weighted by Crippen LogP contribution is -2.50. The van der Waals surface area contributed by atoms with E-state index in [-0.39, 0.29) is 11.9 Å². The van der Waals surface area contributed by atoms with Crippen molar-refractivity contribution in [1.82, 2.24) is 19.9 Å². The molecule has 1 aromatic rings. The number of hydrogen-bond acceptors (Lipinski definition) is 4. The van der Waals surface area contributed by atoms with Gasteiger partial charge in [0.25, 0.3) is 0 Å². The van der Waals surface area contributed by atoms with Crippen molar-refractivity contribution in [1.29, 1.82) is 0 Å². The Morgan fingerprint density at radius 1 is 1.41 bits per heavy atom. The molecule has 1 saturated heterocycles. The zero-order valence-electron chi connectivity index (χ0n) is 13.3. The van der Waals surface area contributed by atoms with E-state index in [0.29, 0.717) is 18.8 Å². The maximum atomic E-state index is 12.2. The van der Waals surface area contributed by atoms with Crippen molar-refractivity contribution in [3.05, 3.63) is 23.5 Å². The number of hydrogen-bond donors (Lipinski definition) is 1. The molecule has 22 heavy (non-hydrogen) atoms. The molecule has 1 aliphatic heterocycles.